The quantitative estimate of drug-likeness (QED) is 0.113. The summed E-state index contributed by atoms with van der Waals surface area (Å²) >= 11 is 1.53. The standard InChI is InChI=1S/C40H67N5O7S/c1-23(2)18-31(43-36(48)30(16-17-53-11)42-38(50)34(25(5)6)45-39(51)52-40(8,9)10)33(46)20-26(7)35(47)44-32(19-24(3)4)37(49)41-29-21-27-14-12-13-15-28(27)22-29/h12-15,23-26,29-34,46H,16-22H2,1-11H3,(H,41,49)(H,42,50)(H,43,48)(H,44,47)(H,45,51)/t26-,30?,31+,32?,33+,34+/m1/s1. The summed E-state index contributed by atoms with van der Waals surface area (Å²) in [6.07, 6.45) is 2.86. The number of thioether (sulfide) groups is 1. The van der Waals surface area contributed by atoms with Crippen molar-refractivity contribution in [1.82, 2.24) is 26.6 Å². The van der Waals surface area contributed by atoms with Crippen LogP contribution in [0.25, 0.3) is 0 Å². The van der Waals surface area contributed by atoms with Gasteiger partial charge in [-0.3, -0.25) is 19.2 Å². The van der Waals surface area contributed by atoms with Crippen LogP contribution in [-0.2, 0) is 36.8 Å². The zero-order chi connectivity index (χ0) is 40.0. The van der Waals surface area contributed by atoms with Gasteiger partial charge in [0.05, 0.1) is 12.1 Å². The van der Waals surface area contributed by atoms with Gasteiger partial charge in [0.15, 0.2) is 0 Å². The summed E-state index contributed by atoms with van der Waals surface area (Å²) in [5, 5.41) is 25.9. The highest BCUT2D eigenvalue weighted by molar-refractivity contribution is 7.98. The fourth-order valence-electron chi connectivity index (χ4n) is 6.45. The second-order valence-corrected chi connectivity index (χ2v) is 17.7. The Kier molecular flexibility index (Phi) is 18.6. The Morgan fingerprint density at radius 2 is 1.34 bits per heavy atom. The van der Waals surface area contributed by atoms with Crippen molar-refractivity contribution < 1.29 is 33.8 Å². The number of hydrogen-bond donors (Lipinski definition) is 6. The molecule has 300 valence electrons. The molecule has 0 saturated carbocycles. The summed E-state index contributed by atoms with van der Waals surface area (Å²) in [6.45, 7) is 18.4. The number of rotatable bonds is 20. The third-order valence-electron chi connectivity index (χ3n) is 9.16. The minimum absolute atomic E-state index is 0.0341. The molecule has 2 unspecified atom stereocenters. The average molecular weight is 762 g/mol. The van der Waals surface area contributed by atoms with Crippen LogP contribution >= 0.6 is 11.8 Å². The van der Waals surface area contributed by atoms with E-state index in [1.807, 2.05) is 46.1 Å². The maximum absolute atomic E-state index is 13.8. The molecule has 1 aromatic carbocycles. The Bertz CT molecular complexity index is 1340. The van der Waals surface area contributed by atoms with Gasteiger partial charge in [0.25, 0.3) is 0 Å². The molecular formula is C40H67N5O7S. The number of carbonyl (C=O) groups is 5. The van der Waals surface area contributed by atoms with Gasteiger partial charge in [-0.05, 0) is 100 Å². The number of hydrogen-bond acceptors (Lipinski definition) is 8. The molecule has 1 aliphatic rings. The molecule has 0 aliphatic heterocycles. The van der Waals surface area contributed by atoms with Gasteiger partial charge in [-0.2, -0.15) is 11.8 Å². The summed E-state index contributed by atoms with van der Waals surface area (Å²) in [5.74, 6) is -1.67. The molecule has 0 bridgehead atoms. The monoisotopic (exact) mass is 761 g/mol. The molecule has 0 radical (unpaired) electrons. The van der Waals surface area contributed by atoms with Crippen LogP contribution in [0, 0.1) is 23.7 Å². The molecule has 6 N–H and O–H groups in total. The lowest BCUT2D eigenvalue weighted by atomic mass is 9.91. The molecule has 13 heteroatoms. The van der Waals surface area contributed by atoms with Crippen LogP contribution in [0.2, 0.25) is 0 Å². The molecule has 0 heterocycles. The second-order valence-electron chi connectivity index (χ2n) is 16.7. The number of aliphatic hydroxyl groups excluding tert-OH is 1. The molecule has 2 rings (SSSR count). The van der Waals surface area contributed by atoms with E-state index in [0.717, 1.165) is 12.8 Å². The van der Waals surface area contributed by atoms with E-state index in [9.17, 15) is 29.1 Å². The van der Waals surface area contributed by atoms with E-state index in [1.165, 1.54) is 22.9 Å². The zero-order valence-electron chi connectivity index (χ0n) is 33.8. The molecule has 0 saturated heterocycles. The molecule has 6 atom stereocenters. The van der Waals surface area contributed by atoms with Crippen LogP contribution in [0.5, 0.6) is 0 Å². The van der Waals surface area contributed by atoms with Crippen LogP contribution < -0.4 is 26.6 Å². The maximum atomic E-state index is 13.8. The van der Waals surface area contributed by atoms with Crippen molar-refractivity contribution in [1.29, 1.82) is 0 Å². The van der Waals surface area contributed by atoms with Crippen molar-refractivity contribution in [2.24, 2.45) is 23.7 Å². The van der Waals surface area contributed by atoms with Crippen LogP contribution in [0.3, 0.4) is 0 Å². The van der Waals surface area contributed by atoms with Crippen LogP contribution in [-0.4, -0.2) is 88.8 Å². The zero-order valence-corrected chi connectivity index (χ0v) is 34.7. The lowest BCUT2D eigenvalue weighted by Gasteiger charge is -2.31. The van der Waals surface area contributed by atoms with Crippen molar-refractivity contribution >= 4 is 41.5 Å². The normalized spacial score (nSPS) is 16.6. The minimum Gasteiger partial charge on any atom is -0.444 e. The van der Waals surface area contributed by atoms with Gasteiger partial charge in [-0.15, -0.1) is 0 Å². The first kappa shape index (κ1) is 45.8. The summed E-state index contributed by atoms with van der Waals surface area (Å²) in [7, 11) is 0. The van der Waals surface area contributed by atoms with Gasteiger partial charge >= 0.3 is 6.09 Å². The van der Waals surface area contributed by atoms with Gasteiger partial charge in [0.2, 0.25) is 23.6 Å². The lowest BCUT2D eigenvalue weighted by molar-refractivity contribution is -0.132. The second kappa shape index (κ2) is 21.5. The predicted octanol–water partition coefficient (Wildman–Crippen LogP) is 4.51. The van der Waals surface area contributed by atoms with Crippen LogP contribution in [0.15, 0.2) is 24.3 Å². The molecule has 1 aromatic rings. The van der Waals surface area contributed by atoms with Crippen LogP contribution in [0.1, 0.15) is 106 Å². The summed E-state index contributed by atoms with van der Waals surface area (Å²) in [6, 6.07) is 4.81. The van der Waals surface area contributed by atoms with E-state index in [-0.39, 0.29) is 42.0 Å². The Balaban J connectivity index is 2.11. The first-order valence-corrected chi connectivity index (χ1v) is 20.5. The van der Waals surface area contributed by atoms with Gasteiger partial charge in [-0.1, -0.05) is 72.7 Å². The average Bonchev–Trinajstić information content (AvgIpc) is 3.45. The smallest absolute Gasteiger partial charge is 0.408 e. The Labute approximate surface area is 321 Å². The molecule has 1 aliphatic carbocycles. The molecule has 0 aromatic heterocycles. The fourth-order valence-corrected chi connectivity index (χ4v) is 6.92. The number of ether oxygens (including phenoxy) is 1. The van der Waals surface area contributed by atoms with Crippen molar-refractivity contribution in [3.8, 4) is 0 Å². The van der Waals surface area contributed by atoms with Gasteiger partial charge < -0.3 is 36.4 Å². The van der Waals surface area contributed by atoms with E-state index in [2.05, 4.69) is 38.7 Å². The SMILES string of the molecule is CSCCC(NC(=O)[C@@H](NC(=O)OC(C)(C)C)C(C)C)C(=O)N[C@@H](CC(C)C)[C@@H](O)C[C@@H](C)C(=O)NC(CC(C)C)C(=O)NC1Cc2ccccc2C1. The number of alkyl carbamates (subject to hydrolysis) is 1. The van der Waals surface area contributed by atoms with E-state index in [1.54, 1.807) is 41.5 Å². The van der Waals surface area contributed by atoms with Gasteiger partial charge in [-0.25, -0.2) is 4.79 Å². The minimum atomic E-state index is -1.08. The van der Waals surface area contributed by atoms with Gasteiger partial charge in [0.1, 0.15) is 23.7 Å². The third-order valence-corrected chi connectivity index (χ3v) is 9.81. The Morgan fingerprint density at radius 3 is 1.85 bits per heavy atom. The summed E-state index contributed by atoms with van der Waals surface area (Å²) in [4.78, 5) is 66.6. The number of nitrogens with one attached hydrogen (secondary N) is 5. The first-order valence-electron chi connectivity index (χ1n) is 19.1. The highest BCUT2D eigenvalue weighted by Gasteiger charge is 2.34. The van der Waals surface area contributed by atoms with Gasteiger partial charge in [0, 0.05) is 12.0 Å². The Morgan fingerprint density at radius 1 is 0.774 bits per heavy atom. The van der Waals surface area contributed by atoms with Crippen LogP contribution in [0.4, 0.5) is 4.79 Å². The molecular weight excluding hydrogens is 695 g/mol. The lowest BCUT2D eigenvalue weighted by Crippen LogP contribution is -2.58. The van der Waals surface area contributed by atoms with Crippen molar-refractivity contribution in [2.45, 2.75) is 150 Å². The number of amides is 5. The fraction of sp³-hybridized carbons (Fsp3) is 0.725. The maximum Gasteiger partial charge on any atom is 0.408 e. The van der Waals surface area contributed by atoms with Crippen molar-refractivity contribution in [3.63, 3.8) is 0 Å². The molecule has 0 spiro atoms. The molecule has 53 heavy (non-hydrogen) atoms. The first-order chi connectivity index (χ1) is 24.7. The van der Waals surface area contributed by atoms with E-state index < -0.39 is 59.7 Å². The molecule has 12 nitrogen and oxygen atoms in total. The Hall–Kier alpha value is -3.32. The largest absolute Gasteiger partial charge is 0.444 e. The summed E-state index contributed by atoms with van der Waals surface area (Å²) < 4.78 is 5.35. The number of fused-ring (bicyclic) bond motifs is 1. The topological polar surface area (TPSA) is 175 Å². The molecule has 5 amide bonds. The third kappa shape index (κ3) is 16.3. The molecule has 0 fully saturated rings. The predicted molar refractivity (Wildman–Crippen MR) is 211 cm³/mol. The van der Waals surface area contributed by atoms with Crippen molar-refractivity contribution in [2.75, 3.05) is 12.0 Å². The number of aliphatic hydroxyl groups is 1. The highest BCUT2D eigenvalue weighted by atomic mass is 32.2. The van der Waals surface area contributed by atoms with E-state index in [4.69, 9.17) is 4.74 Å². The van der Waals surface area contributed by atoms with Crippen molar-refractivity contribution in [3.05, 3.63) is 35.4 Å². The summed E-state index contributed by atoms with van der Waals surface area (Å²) in [5.41, 5.74) is 1.70. The van der Waals surface area contributed by atoms with E-state index in [0.29, 0.717) is 25.0 Å². The number of benzene rings is 1. The highest BCUT2D eigenvalue weighted by Crippen LogP contribution is 2.22. The number of carbonyl (C=O) groups excluding carboxylic acids is 5. The van der Waals surface area contributed by atoms with E-state index >= 15 is 0 Å².